The maximum Gasteiger partial charge on any atom is 0.149 e. The third-order valence-corrected chi connectivity index (χ3v) is 7.72. The highest BCUT2D eigenvalue weighted by atomic mass is 16.1. The number of nitrogens with zero attached hydrogens (tertiary/aromatic N) is 3. The van der Waals surface area contributed by atoms with E-state index in [1.54, 1.807) is 0 Å². The van der Waals surface area contributed by atoms with E-state index >= 15 is 0 Å². The number of ketones is 1. The van der Waals surface area contributed by atoms with Crippen LogP contribution in [0.5, 0.6) is 0 Å². The number of hydrogen-bond acceptors (Lipinski definition) is 3. The fourth-order valence-electron chi connectivity index (χ4n) is 6.72. The monoisotopic (exact) mass is 399 g/mol. The largest absolute Gasteiger partial charge is 0.340 e. The van der Waals surface area contributed by atoms with Crippen LogP contribution in [0, 0.1) is 17.8 Å². The Balaban J connectivity index is 1.49. The van der Waals surface area contributed by atoms with Crippen molar-refractivity contribution < 1.29 is 4.79 Å². The lowest BCUT2D eigenvalue weighted by Gasteiger charge is -2.64. The molecule has 2 aromatic carbocycles. The molecule has 0 spiro atoms. The molecule has 4 saturated heterocycles. The highest BCUT2D eigenvalue weighted by Crippen LogP contribution is 2.53. The van der Waals surface area contributed by atoms with Gasteiger partial charge in [0.2, 0.25) is 0 Å². The molecule has 4 heteroatoms. The van der Waals surface area contributed by atoms with Crippen LogP contribution < -0.4 is 0 Å². The lowest BCUT2D eigenvalue weighted by Crippen LogP contribution is -2.75. The van der Waals surface area contributed by atoms with E-state index in [-0.39, 0.29) is 17.0 Å². The topological polar surface area (TPSA) is 28.5 Å². The summed E-state index contributed by atoms with van der Waals surface area (Å²) >= 11 is 0. The van der Waals surface area contributed by atoms with E-state index in [2.05, 4.69) is 89.7 Å². The number of benzene rings is 2. The van der Waals surface area contributed by atoms with Gasteiger partial charge in [-0.15, -0.1) is 0 Å². The zero-order chi connectivity index (χ0) is 20.7. The van der Waals surface area contributed by atoms with Gasteiger partial charge in [-0.25, -0.2) is 0 Å². The van der Waals surface area contributed by atoms with Gasteiger partial charge in [0.15, 0.2) is 0 Å². The van der Waals surface area contributed by atoms with Crippen molar-refractivity contribution in [2.24, 2.45) is 10.8 Å². The molecule has 0 amide bonds. The number of Topliss-reactive ketones (excluding diaryl/α,β-unsaturated/α-hetero) is 1. The molecule has 30 heavy (non-hydrogen) atoms. The predicted molar refractivity (Wildman–Crippen MR) is 119 cm³/mol. The van der Waals surface area contributed by atoms with Crippen LogP contribution in [0.2, 0.25) is 0 Å². The van der Waals surface area contributed by atoms with Gasteiger partial charge in [0.1, 0.15) is 5.78 Å². The Kier molecular flexibility index (Phi) is 3.70. The van der Waals surface area contributed by atoms with Crippen LogP contribution in [0.25, 0.3) is 10.9 Å². The average Bonchev–Trinajstić information content (AvgIpc) is 2.98. The number of piperidine rings is 2. The van der Waals surface area contributed by atoms with E-state index in [9.17, 15) is 4.79 Å². The Labute approximate surface area is 178 Å². The molecule has 0 radical (unpaired) electrons. The molecule has 0 atom stereocenters. The highest BCUT2D eigenvalue weighted by Gasteiger charge is 2.62. The fourth-order valence-corrected chi connectivity index (χ4v) is 6.72. The number of carbonyl (C=O) groups excluding carboxylic acids is 1. The van der Waals surface area contributed by atoms with Gasteiger partial charge in [0, 0.05) is 54.9 Å². The maximum atomic E-state index is 13.1. The third-order valence-electron chi connectivity index (χ3n) is 7.72. The first-order valence-electron chi connectivity index (χ1n) is 11.0. The molecule has 7 rings (SSSR count). The molecule has 154 valence electrons. The maximum absolute atomic E-state index is 13.1. The van der Waals surface area contributed by atoms with Crippen LogP contribution in [0.3, 0.4) is 0 Å². The number of rotatable bonds is 3. The van der Waals surface area contributed by atoms with Crippen molar-refractivity contribution in [3.8, 4) is 0 Å². The summed E-state index contributed by atoms with van der Waals surface area (Å²) < 4.78 is 2.47. The first-order valence-corrected chi connectivity index (χ1v) is 11.0. The van der Waals surface area contributed by atoms with E-state index in [4.69, 9.17) is 0 Å². The normalized spacial score (nSPS) is 34.8. The van der Waals surface area contributed by atoms with Gasteiger partial charge in [-0.1, -0.05) is 62.4 Å². The Hall–Kier alpha value is -2.43. The van der Waals surface area contributed by atoms with Crippen LogP contribution in [0.4, 0.5) is 0 Å². The summed E-state index contributed by atoms with van der Waals surface area (Å²) in [5, 5.41) is 1.35. The van der Waals surface area contributed by atoms with Gasteiger partial charge < -0.3 is 4.57 Å². The zero-order valence-electron chi connectivity index (χ0n) is 18.1. The first kappa shape index (κ1) is 18.3. The molecular weight excluding hydrogens is 370 g/mol. The Morgan fingerprint density at radius 2 is 1.43 bits per heavy atom. The van der Waals surface area contributed by atoms with Gasteiger partial charge in [-0.2, -0.15) is 0 Å². The molecule has 0 aliphatic carbocycles. The number of carbonyl (C=O) groups is 1. The Bertz CT molecular complexity index is 1120. The second-order valence-electron chi connectivity index (χ2n) is 10.2. The number of aromatic nitrogens is 1. The van der Waals surface area contributed by atoms with Crippen molar-refractivity contribution in [3.63, 3.8) is 0 Å². The van der Waals surface area contributed by atoms with E-state index in [1.807, 2.05) is 0 Å². The standard InChI is InChI=1S/C26H29N3O/c1-18-22(23-27-14-25(2)15-28(23)17-26(3,16-27)24(25)30)20-11-7-8-12-21(20)29(18)13-19-9-5-4-6-10-19/h4-12,23H,13-17H2,1-3H3. The number of para-hydroxylation sites is 1. The highest BCUT2D eigenvalue weighted by molar-refractivity contribution is 5.93. The van der Waals surface area contributed by atoms with Crippen LogP contribution in [0.15, 0.2) is 54.6 Å². The van der Waals surface area contributed by atoms with Crippen LogP contribution in [0.1, 0.15) is 36.8 Å². The van der Waals surface area contributed by atoms with E-state index in [0.717, 1.165) is 32.7 Å². The van der Waals surface area contributed by atoms with Crippen LogP contribution in [-0.2, 0) is 11.3 Å². The molecule has 1 aromatic heterocycles. The second kappa shape index (κ2) is 6.05. The quantitative estimate of drug-likeness (QED) is 0.660. The molecule has 4 bridgehead atoms. The lowest BCUT2D eigenvalue weighted by atomic mass is 9.62. The third kappa shape index (κ3) is 2.38. The molecule has 4 nitrogen and oxygen atoms in total. The van der Waals surface area contributed by atoms with Gasteiger partial charge in [0.25, 0.3) is 0 Å². The van der Waals surface area contributed by atoms with Gasteiger partial charge >= 0.3 is 0 Å². The minimum absolute atomic E-state index is 0.224. The molecule has 4 aliphatic heterocycles. The molecule has 4 fully saturated rings. The summed E-state index contributed by atoms with van der Waals surface area (Å²) in [4.78, 5) is 18.2. The van der Waals surface area contributed by atoms with E-state index in [0.29, 0.717) is 5.78 Å². The SMILES string of the molecule is Cc1c(C2N3CC4(C)CN2CC(C)(C3)C4=O)c2ccccc2n1Cc1ccccc1. The molecule has 5 heterocycles. The zero-order valence-corrected chi connectivity index (χ0v) is 18.1. The fraction of sp³-hybridized carbons (Fsp3) is 0.423. The summed E-state index contributed by atoms with van der Waals surface area (Å²) in [6, 6.07) is 19.6. The molecule has 0 N–H and O–H groups in total. The van der Waals surface area contributed by atoms with Crippen molar-refractivity contribution in [2.75, 3.05) is 26.2 Å². The van der Waals surface area contributed by atoms with Crippen molar-refractivity contribution >= 4 is 16.7 Å². The molecular formula is C26H29N3O. The van der Waals surface area contributed by atoms with Crippen molar-refractivity contribution in [3.05, 3.63) is 71.4 Å². The first-order chi connectivity index (χ1) is 14.4. The van der Waals surface area contributed by atoms with Crippen molar-refractivity contribution in [1.29, 1.82) is 0 Å². The van der Waals surface area contributed by atoms with Crippen LogP contribution >= 0.6 is 0 Å². The van der Waals surface area contributed by atoms with Gasteiger partial charge in [0.05, 0.1) is 17.0 Å². The lowest BCUT2D eigenvalue weighted by molar-refractivity contribution is -0.196. The smallest absolute Gasteiger partial charge is 0.149 e. The molecule has 0 saturated carbocycles. The summed E-state index contributed by atoms with van der Waals surface area (Å²) in [5.74, 6) is 0.476. The molecule has 3 aromatic rings. The average molecular weight is 400 g/mol. The van der Waals surface area contributed by atoms with Crippen molar-refractivity contribution in [2.45, 2.75) is 33.5 Å². The Morgan fingerprint density at radius 1 is 0.867 bits per heavy atom. The van der Waals surface area contributed by atoms with Crippen LogP contribution in [-0.4, -0.2) is 46.3 Å². The minimum atomic E-state index is -0.224. The second-order valence-corrected chi connectivity index (χ2v) is 10.2. The molecule has 0 unspecified atom stereocenters. The van der Waals surface area contributed by atoms with E-state index < -0.39 is 0 Å². The number of fused-ring (bicyclic) bond motifs is 1. The van der Waals surface area contributed by atoms with Crippen molar-refractivity contribution in [1.82, 2.24) is 14.4 Å². The summed E-state index contributed by atoms with van der Waals surface area (Å²) in [5.41, 5.74) is 4.96. The van der Waals surface area contributed by atoms with Gasteiger partial charge in [-0.05, 0) is 18.6 Å². The number of hydrogen-bond donors (Lipinski definition) is 0. The van der Waals surface area contributed by atoms with Gasteiger partial charge in [-0.3, -0.25) is 14.6 Å². The molecule has 4 aliphatic rings. The summed E-state index contributed by atoms with van der Waals surface area (Å²) in [6.07, 6.45) is 0.265. The Morgan fingerprint density at radius 3 is 2.07 bits per heavy atom. The minimum Gasteiger partial charge on any atom is -0.340 e. The predicted octanol–water partition coefficient (Wildman–Crippen LogP) is 4.22. The summed E-state index contributed by atoms with van der Waals surface area (Å²) in [7, 11) is 0. The summed E-state index contributed by atoms with van der Waals surface area (Å²) in [6.45, 7) is 11.0. The van der Waals surface area contributed by atoms with E-state index in [1.165, 1.54) is 27.7 Å².